The number of amides is 1. The summed E-state index contributed by atoms with van der Waals surface area (Å²) in [5, 5.41) is 15.5. The summed E-state index contributed by atoms with van der Waals surface area (Å²) in [5.41, 5.74) is 0.566. The maximum Gasteiger partial charge on any atom is 0.321 e. The van der Waals surface area contributed by atoms with E-state index in [4.69, 9.17) is 11.6 Å². The number of unbranched alkanes of at least 4 members (excludes halogenated alkanes) is 9. The summed E-state index contributed by atoms with van der Waals surface area (Å²) in [6.45, 7) is 2.84. The molecule has 1 amide bonds. The number of halogens is 1. The van der Waals surface area contributed by atoms with Gasteiger partial charge in [0.15, 0.2) is 0 Å². The van der Waals surface area contributed by atoms with Gasteiger partial charge in [0.2, 0.25) is 5.91 Å². The molecule has 0 bridgehead atoms. The molecule has 0 radical (unpaired) electrons. The summed E-state index contributed by atoms with van der Waals surface area (Å²) in [6.07, 6.45) is 12.3. The Morgan fingerprint density at radius 1 is 1.00 bits per heavy atom. The molecule has 0 fully saturated rings. The summed E-state index contributed by atoms with van der Waals surface area (Å²) in [6, 6.07) is 5.92. The van der Waals surface area contributed by atoms with Crippen molar-refractivity contribution in [3.8, 4) is 0 Å². The van der Waals surface area contributed by atoms with Crippen LogP contribution in [-0.2, 0) is 9.59 Å². The normalized spacial score (nSPS) is 11.9. The molecule has 0 aromatic heterocycles. The van der Waals surface area contributed by atoms with Crippen molar-refractivity contribution in [1.82, 2.24) is 5.32 Å². The van der Waals surface area contributed by atoms with Gasteiger partial charge in [-0.3, -0.25) is 9.59 Å². The fraction of sp³-hybridized carbons (Fsp3) is 0.636. The van der Waals surface area contributed by atoms with Crippen LogP contribution >= 0.6 is 11.6 Å². The Morgan fingerprint density at radius 3 is 2.18 bits per heavy atom. The Labute approximate surface area is 174 Å². The van der Waals surface area contributed by atoms with Gasteiger partial charge in [0.25, 0.3) is 0 Å². The van der Waals surface area contributed by atoms with Crippen molar-refractivity contribution in [1.29, 1.82) is 0 Å². The first-order chi connectivity index (χ1) is 13.5. The van der Waals surface area contributed by atoms with E-state index < -0.39 is 12.0 Å². The van der Waals surface area contributed by atoms with Crippen LogP contribution in [-0.4, -0.2) is 29.6 Å². The molecule has 0 heterocycles. The van der Waals surface area contributed by atoms with Crippen LogP contribution in [0.25, 0.3) is 0 Å². The zero-order chi connectivity index (χ0) is 20.6. The average Bonchev–Trinajstić information content (AvgIpc) is 2.65. The summed E-state index contributed by atoms with van der Waals surface area (Å²) in [4.78, 5) is 23.5. The smallest absolute Gasteiger partial charge is 0.321 e. The number of aliphatic carboxylic acids is 1. The van der Waals surface area contributed by atoms with Crippen LogP contribution in [0.15, 0.2) is 24.3 Å². The fourth-order valence-corrected chi connectivity index (χ4v) is 3.29. The minimum atomic E-state index is -1.01. The van der Waals surface area contributed by atoms with Crippen molar-refractivity contribution in [3.63, 3.8) is 0 Å². The van der Waals surface area contributed by atoms with Crippen LogP contribution in [0.2, 0.25) is 5.02 Å². The second kappa shape index (κ2) is 15.3. The van der Waals surface area contributed by atoms with E-state index in [9.17, 15) is 14.7 Å². The highest BCUT2D eigenvalue weighted by Crippen LogP contribution is 2.15. The molecule has 28 heavy (non-hydrogen) atoms. The van der Waals surface area contributed by atoms with Crippen LogP contribution in [0.5, 0.6) is 0 Å². The van der Waals surface area contributed by atoms with Crippen molar-refractivity contribution in [3.05, 3.63) is 29.3 Å². The van der Waals surface area contributed by atoms with Gasteiger partial charge in [0, 0.05) is 10.7 Å². The third-order valence-electron chi connectivity index (χ3n) is 4.72. The molecular weight excluding hydrogens is 376 g/mol. The molecule has 3 N–H and O–H groups in total. The highest BCUT2D eigenvalue weighted by molar-refractivity contribution is 6.30. The quantitative estimate of drug-likeness (QED) is 0.308. The van der Waals surface area contributed by atoms with E-state index in [1.165, 1.54) is 51.4 Å². The first kappa shape index (κ1) is 24.4. The lowest BCUT2D eigenvalue weighted by molar-refractivity contribution is -0.141. The van der Waals surface area contributed by atoms with Gasteiger partial charge in [-0.15, -0.1) is 0 Å². The average molecular weight is 411 g/mol. The van der Waals surface area contributed by atoms with Crippen LogP contribution in [0.1, 0.15) is 77.6 Å². The number of carboxylic acid groups (broad SMARTS) is 1. The van der Waals surface area contributed by atoms with E-state index in [0.717, 1.165) is 12.8 Å². The SMILES string of the molecule is CCCCCCCCCCCCN[C@H](CC(=O)Nc1cccc(Cl)c1)C(=O)O. The van der Waals surface area contributed by atoms with Crippen molar-refractivity contribution < 1.29 is 14.7 Å². The Kier molecular flexibility index (Phi) is 13.4. The van der Waals surface area contributed by atoms with Crippen molar-refractivity contribution in [2.24, 2.45) is 0 Å². The van der Waals surface area contributed by atoms with E-state index in [1.54, 1.807) is 24.3 Å². The molecule has 1 aromatic carbocycles. The van der Waals surface area contributed by atoms with E-state index in [1.807, 2.05) is 0 Å². The van der Waals surface area contributed by atoms with Crippen molar-refractivity contribution in [2.75, 3.05) is 11.9 Å². The minimum Gasteiger partial charge on any atom is -0.480 e. The summed E-state index contributed by atoms with van der Waals surface area (Å²) >= 11 is 5.88. The molecule has 6 heteroatoms. The third-order valence-corrected chi connectivity index (χ3v) is 4.95. The number of carbonyl (C=O) groups excluding carboxylic acids is 1. The highest BCUT2D eigenvalue weighted by atomic mass is 35.5. The van der Waals surface area contributed by atoms with Crippen molar-refractivity contribution in [2.45, 2.75) is 83.6 Å². The number of nitrogens with one attached hydrogen (secondary N) is 2. The summed E-state index contributed by atoms with van der Waals surface area (Å²) < 4.78 is 0. The monoisotopic (exact) mass is 410 g/mol. The van der Waals surface area contributed by atoms with Crippen LogP contribution in [0, 0.1) is 0 Å². The van der Waals surface area contributed by atoms with Crippen LogP contribution < -0.4 is 10.6 Å². The van der Waals surface area contributed by atoms with Crippen molar-refractivity contribution >= 4 is 29.2 Å². The molecule has 0 saturated heterocycles. The molecule has 1 rings (SSSR count). The van der Waals surface area contributed by atoms with E-state index in [-0.39, 0.29) is 12.3 Å². The maximum atomic E-state index is 12.1. The van der Waals surface area contributed by atoms with Gasteiger partial charge in [0.1, 0.15) is 6.04 Å². The van der Waals surface area contributed by atoms with E-state index in [0.29, 0.717) is 17.3 Å². The number of rotatable bonds is 16. The molecule has 0 aliphatic carbocycles. The predicted octanol–water partition coefficient (Wildman–Crippen LogP) is 5.63. The summed E-state index contributed by atoms with van der Waals surface area (Å²) in [5.74, 6) is -1.35. The van der Waals surface area contributed by atoms with Gasteiger partial charge in [-0.2, -0.15) is 0 Å². The number of anilines is 1. The predicted molar refractivity (Wildman–Crippen MR) is 116 cm³/mol. The minimum absolute atomic E-state index is 0.112. The lowest BCUT2D eigenvalue weighted by Gasteiger charge is -2.14. The van der Waals surface area contributed by atoms with Crippen LogP contribution in [0.3, 0.4) is 0 Å². The number of carboxylic acids is 1. The number of hydrogen-bond acceptors (Lipinski definition) is 3. The van der Waals surface area contributed by atoms with Gasteiger partial charge in [-0.25, -0.2) is 0 Å². The van der Waals surface area contributed by atoms with E-state index >= 15 is 0 Å². The Morgan fingerprint density at radius 2 is 1.61 bits per heavy atom. The largest absolute Gasteiger partial charge is 0.480 e. The highest BCUT2D eigenvalue weighted by Gasteiger charge is 2.20. The maximum absolute atomic E-state index is 12.1. The Balaban J connectivity index is 2.14. The van der Waals surface area contributed by atoms with E-state index in [2.05, 4.69) is 17.6 Å². The molecule has 0 aliphatic rings. The molecule has 0 unspecified atom stereocenters. The lowest BCUT2D eigenvalue weighted by Crippen LogP contribution is -2.40. The number of benzene rings is 1. The summed E-state index contributed by atoms with van der Waals surface area (Å²) in [7, 11) is 0. The fourth-order valence-electron chi connectivity index (χ4n) is 3.10. The second-order valence-electron chi connectivity index (χ2n) is 7.29. The molecular formula is C22H35ClN2O3. The molecule has 0 spiro atoms. The number of hydrogen-bond donors (Lipinski definition) is 3. The molecule has 1 atom stereocenters. The van der Waals surface area contributed by atoms with Crippen LogP contribution in [0.4, 0.5) is 5.69 Å². The number of carbonyl (C=O) groups is 2. The van der Waals surface area contributed by atoms with Gasteiger partial charge in [-0.05, 0) is 31.2 Å². The first-order valence-corrected chi connectivity index (χ1v) is 10.9. The molecule has 158 valence electrons. The van der Waals surface area contributed by atoms with Gasteiger partial charge in [-0.1, -0.05) is 82.4 Å². The second-order valence-corrected chi connectivity index (χ2v) is 7.73. The van der Waals surface area contributed by atoms with Gasteiger partial charge in [0.05, 0.1) is 6.42 Å². The van der Waals surface area contributed by atoms with Gasteiger partial charge < -0.3 is 15.7 Å². The zero-order valence-electron chi connectivity index (χ0n) is 17.0. The topological polar surface area (TPSA) is 78.4 Å². The standard InChI is InChI=1S/C22H35ClN2O3/c1-2-3-4-5-6-7-8-9-10-11-15-24-20(22(27)28)17-21(26)25-19-14-12-13-18(23)16-19/h12-14,16,20,24H,2-11,15,17H2,1H3,(H,25,26)(H,27,28)/t20-/m1/s1. The molecule has 5 nitrogen and oxygen atoms in total. The Bertz CT molecular complexity index is 581. The zero-order valence-corrected chi connectivity index (χ0v) is 17.8. The molecule has 0 saturated carbocycles. The molecule has 0 aliphatic heterocycles. The Hall–Kier alpha value is -1.59. The van der Waals surface area contributed by atoms with Gasteiger partial charge >= 0.3 is 5.97 Å². The molecule has 1 aromatic rings. The third kappa shape index (κ3) is 12.0. The first-order valence-electron chi connectivity index (χ1n) is 10.5. The lowest BCUT2D eigenvalue weighted by atomic mass is 10.1.